The summed E-state index contributed by atoms with van der Waals surface area (Å²) in [6.45, 7) is 4.18. The number of piperazine rings is 1. The van der Waals surface area contributed by atoms with Crippen LogP contribution in [0.1, 0.15) is 27.0 Å². The summed E-state index contributed by atoms with van der Waals surface area (Å²) in [5.41, 5.74) is 6.91. The standard InChI is InChI=1S/C32H33N7O2/c1-37-12-14-39(15-13-37)27-9-7-25(8-10-27)33-20-29-28-18-23(6-11-30(28)36-32(29)41)16-22-4-3-5-26(17-22)35-31(40)24-19-34-38(2)21-24/h3-11,17-21,36,41H,12-16H2,1-2H3,(H,35,40). The molecule has 0 aliphatic carbocycles. The van der Waals surface area contributed by atoms with E-state index in [1.165, 1.54) is 5.69 Å². The molecule has 0 saturated carbocycles. The van der Waals surface area contributed by atoms with E-state index in [4.69, 9.17) is 0 Å². The molecule has 0 atom stereocenters. The van der Waals surface area contributed by atoms with E-state index in [9.17, 15) is 9.90 Å². The van der Waals surface area contributed by atoms with Crippen LogP contribution in [0, 0.1) is 0 Å². The van der Waals surface area contributed by atoms with E-state index < -0.39 is 0 Å². The molecule has 1 amide bonds. The van der Waals surface area contributed by atoms with E-state index >= 15 is 0 Å². The van der Waals surface area contributed by atoms with Gasteiger partial charge in [0.1, 0.15) is 0 Å². The van der Waals surface area contributed by atoms with Gasteiger partial charge in [0.25, 0.3) is 5.91 Å². The minimum atomic E-state index is -0.197. The minimum Gasteiger partial charge on any atom is -0.494 e. The van der Waals surface area contributed by atoms with E-state index in [1.807, 2.05) is 48.5 Å². The molecular formula is C32H33N7O2. The summed E-state index contributed by atoms with van der Waals surface area (Å²) in [6.07, 6.45) is 5.62. The number of aromatic nitrogens is 3. The summed E-state index contributed by atoms with van der Waals surface area (Å²) < 4.78 is 1.60. The zero-order valence-corrected chi connectivity index (χ0v) is 23.2. The van der Waals surface area contributed by atoms with Gasteiger partial charge in [-0.05, 0) is 73.1 Å². The van der Waals surface area contributed by atoms with Crippen molar-refractivity contribution in [3.05, 3.63) is 101 Å². The largest absolute Gasteiger partial charge is 0.494 e. The maximum Gasteiger partial charge on any atom is 0.258 e. The number of nitrogens with zero attached hydrogens (tertiary/aromatic N) is 5. The van der Waals surface area contributed by atoms with Crippen LogP contribution >= 0.6 is 0 Å². The first kappa shape index (κ1) is 26.3. The van der Waals surface area contributed by atoms with Gasteiger partial charge >= 0.3 is 0 Å². The fourth-order valence-electron chi connectivity index (χ4n) is 5.18. The number of hydrogen-bond donors (Lipinski definition) is 3. The Balaban J connectivity index is 1.17. The lowest BCUT2D eigenvalue weighted by Crippen LogP contribution is -2.44. The number of aromatic amines is 1. The van der Waals surface area contributed by atoms with E-state index in [-0.39, 0.29) is 11.8 Å². The first-order chi connectivity index (χ1) is 19.9. The molecule has 3 N–H and O–H groups in total. The molecule has 2 aromatic heterocycles. The van der Waals surface area contributed by atoms with Crippen LogP contribution in [-0.2, 0) is 13.5 Å². The number of carbonyl (C=O) groups excluding carboxylic acids is 1. The van der Waals surface area contributed by atoms with Gasteiger partial charge in [-0.15, -0.1) is 0 Å². The van der Waals surface area contributed by atoms with E-state index in [1.54, 1.807) is 30.3 Å². The number of aryl methyl sites for hydroxylation is 1. The quantitative estimate of drug-likeness (QED) is 0.250. The third kappa shape index (κ3) is 6.00. The van der Waals surface area contributed by atoms with E-state index in [2.05, 4.69) is 55.4 Å². The SMILES string of the molecule is CN1CCN(c2ccc(N=Cc3c(O)[nH]c4ccc(Cc5cccc(NC(=O)c6cnn(C)c6)c5)cc34)cc2)CC1. The zero-order chi connectivity index (χ0) is 28.3. The second-order valence-corrected chi connectivity index (χ2v) is 10.6. The molecule has 0 spiro atoms. The van der Waals surface area contributed by atoms with Gasteiger partial charge in [-0.3, -0.25) is 14.5 Å². The van der Waals surface area contributed by atoms with Crippen LogP contribution in [0.25, 0.3) is 10.9 Å². The Morgan fingerprint density at radius 3 is 2.56 bits per heavy atom. The Morgan fingerprint density at radius 1 is 1.02 bits per heavy atom. The first-order valence-electron chi connectivity index (χ1n) is 13.7. The molecule has 41 heavy (non-hydrogen) atoms. The molecule has 0 radical (unpaired) electrons. The highest BCUT2D eigenvalue weighted by Crippen LogP contribution is 2.29. The number of amides is 1. The van der Waals surface area contributed by atoms with Crippen LogP contribution in [0.5, 0.6) is 5.88 Å². The van der Waals surface area contributed by atoms with Gasteiger partial charge in [-0.1, -0.05) is 18.2 Å². The number of nitrogens with one attached hydrogen (secondary N) is 2. The van der Waals surface area contributed by atoms with Crippen molar-refractivity contribution in [1.82, 2.24) is 19.7 Å². The minimum absolute atomic E-state index is 0.0927. The lowest BCUT2D eigenvalue weighted by molar-refractivity contribution is 0.102. The second kappa shape index (κ2) is 11.3. The van der Waals surface area contributed by atoms with Crippen molar-refractivity contribution in [3.8, 4) is 5.88 Å². The average Bonchev–Trinajstić information content (AvgIpc) is 3.55. The lowest BCUT2D eigenvalue weighted by Gasteiger charge is -2.34. The first-order valence-corrected chi connectivity index (χ1v) is 13.7. The van der Waals surface area contributed by atoms with E-state index in [0.29, 0.717) is 17.5 Å². The number of fused-ring (bicyclic) bond motifs is 1. The van der Waals surface area contributed by atoms with Crippen LogP contribution in [0.4, 0.5) is 17.1 Å². The molecule has 5 aromatic rings. The predicted octanol–water partition coefficient (Wildman–Crippen LogP) is 4.95. The van der Waals surface area contributed by atoms with Gasteiger partial charge in [-0.2, -0.15) is 5.10 Å². The molecule has 1 saturated heterocycles. The number of anilines is 2. The van der Waals surface area contributed by atoms with Crippen molar-refractivity contribution in [3.63, 3.8) is 0 Å². The Labute approximate surface area is 238 Å². The topological polar surface area (TPSA) is 102 Å². The van der Waals surface area contributed by atoms with E-state index in [0.717, 1.165) is 59.6 Å². The van der Waals surface area contributed by atoms with Crippen LogP contribution in [0.2, 0.25) is 0 Å². The van der Waals surface area contributed by atoms with Crippen molar-refractivity contribution in [2.75, 3.05) is 43.4 Å². The summed E-state index contributed by atoms with van der Waals surface area (Å²) >= 11 is 0. The fourth-order valence-corrected chi connectivity index (χ4v) is 5.18. The Hall–Kier alpha value is -4.89. The molecule has 1 aliphatic heterocycles. The van der Waals surface area contributed by atoms with Crippen molar-refractivity contribution < 1.29 is 9.90 Å². The highest BCUT2D eigenvalue weighted by molar-refractivity contribution is 6.04. The number of H-pyrrole nitrogens is 1. The van der Waals surface area contributed by atoms with Crippen LogP contribution in [-0.4, -0.2) is 70.1 Å². The normalized spacial score (nSPS) is 14.2. The average molecular weight is 548 g/mol. The molecule has 6 rings (SSSR count). The van der Waals surface area contributed by atoms with Crippen molar-refractivity contribution >= 4 is 40.1 Å². The van der Waals surface area contributed by atoms with Crippen LogP contribution < -0.4 is 10.2 Å². The Bertz CT molecular complexity index is 1710. The van der Waals surface area contributed by atoms with Gasteiger partial charge < -0.3 is 25.2 Å². The number of hydrogen-bond acceptors (Lipinski definition) is 6. The van der Waals surface area contributed by atoms with Crippen molar-refractivity contribution in [2.45, 2.75) is 6.42 Å². The Morgan fingerprint density at radius 2 is 1.80 bits per heavy atom. The summed E-state index contributed by atoms with van der Waals surface area (Å²) in [6, 6.07) is 22.1. The molecular weight excluding hydrogens is 514 g/mol. The van der Waals surface area contributed by atoms with Gasteiger partial charge in [-0.25, -0.2) is 0 Å². The third-order valence-corrected chi connectivity index (χ3v) is 7.50. The summed E-state index contributed by atoms with van der Waals surface area (Å²) in [7, 11) is 3.94. The maximum atomic E-state index is 12.5. The van der Waals surface area contributed by atoms with Gasteiger partial charge in [0.05, 0.1) is 23.0 Å². The number of carbonyl (C=O) groups is 1. The van der Waals surface area contributed by atoms with Crippen LogP contribution in [0.15, 0.2) is 84.1 Å². The smallest absolute Gasteiger partial charge is 0.258 e. The number of rotatable bonds is 7. The monoisotopic (exact) mass is 547 g/mol. The molecule has 1 aliphatic rings. The highest BCUT2D eigenvalue weighted by atomic mass is 16.3. The van der Waals surface area contributed by atoms with Gasteiger partial charge in [0, 0.05) is 67.9 Å². The Kier molecular flexibility index (Phi) is 7.26. The molecule has 9 heteroatoms. The molecule has 1 fully saturated rings. The predicted molar refractivity (Wildman–Crippen MR) is 164 cm³/mol. The molecule has 3 aromatic carbocycles. The molecule has 3 heterocycles. The summed E-state index contributed by atoms with van der Waals surface area (Å²) in [4.78, 5) is 25.0. The lowest BCUT2D eigenvalue weighted by atomic mass is 10.0. The molecule has 0 unspecified atom stereocenters. The van der Waals surface area contributed by atoms with Crippen molar-refractivity contribution in [2.24, 2.45) is 12.0 Å². The third-order valence-electron chi connectivity index (χ3n) is 7.50. The summed E-state index contributed by atoms with van der Waals surface area (Å²) in [5.74, 6) is -0.104. The molecule has 0 bridgehead atoms. The number of likely N-dealkylation sites (N-methyl/N-ethyl adjacent to an activating group) is 1. The van der Waals surface area contributed by atoms with Crippen molar-refractivity contribution in [1.29, 1.82) is 0 Å². The van der Waals surface area contributed by atoms with Crippen LogP contribution in [0.3, 0.4) is 0 Å². The second-order valence-electron chi connectivity index (χ2n) is 10.6. The maximum absolute atomic E-state index is 12.5. The number of aromatic hydroxyl groups is 1. The summed E-state index contributed by atoms with van der Waals surface area (Å²) in [5, 5.41) is 18.5. The molecule has 208 valence electrons. The molecule has 9 nitrogen and oxygen atoms in total. The number of benzene rings is 3. The van der Waals surface area contributed by atoms with Gasteiger partial charge in [0.2, 0.25) is 0 Å². The zero-order valence-electron chi connectivity index (χ0n) is 23.2. The number of aliphatic imine (C=N–C) groups is 1. The fraction of sp³-hybridized carbons (Fsp3) is 0.219. The van der Waals surface area contributed by atoms with Gasteiger partial charge in [0.15, 0.2) is 5.88 Å². The highest BCUT2D eigenvalue weighted by Gasteiger charge is 2.14.